The summed E-state index contributed by atoms with van der Waals surface area (Å²) >= 11 is 0. The SMILES string of the molecule is COCC1CCN(c2nc(N)nc(-n3cncn3)n2)C1. The third-order valence-electron chi connectivity index (χ3n) is 3.22. The van der Waals surface area contributed by atoms with Gasteiger partial charge in [0.2, 0.25) is 11.9 Å². The summed E-state index contributed by atoms with van der Waals surface area (Å²) in [6.45, 7) is 2.48. The van der Waals surface area contributed by atoms with Crippen molar-refractivity contribution in [3.63, 3.8) is 0 Å². The minimum atomic E-state index is 0.177. The molecular formula is C11H16N8O. The molecule has 106 valence electrons. The molecule has 3 rings (SSSR count). The molecule has 20 heavy (non-hydrogen) atoms. The van der Waals surface area contributed by atoms with Crippen LogP contribution in [-0.2, 0) is 4.74 Å². The second-order valence-electron chi connectivity index (χ2n) is 4.69. The van der Waals surface area contributed by atoms with Crippen molar-refractivity contribution >= 4 is 11.9 Å². The molecule has 0 saturated carbocycles. The molecule has 3 heterocycles. The van der Waals surface area contributed by atoms with E-state index in [1.807, 2.05) is 0 Å². The van der Waals surface area contributed by atoms with Crippen molar-refractivity contribution in [3.8, 4) is 5.95 Å². The van der Waals surface area contributed by atoms with E-state index in [0.717, 1.165) is 26.1 Å². The summed E-state index contributed by atoms with van der Waals surface area (Å²) in [5.74, 6) is 1.62. The van der Waals surface area contributed by atoms with E-state index in [9.17, 15) is 0 Å². The molecule has 2 N–H and O–H groups in total. The van der Waals surface area contributed by atoms with Crippen LogP contribution < -0.4 is 10.6 Å². The standard InChI is InChI=1S/C11H16N8O/c1-20-5-8-2-3-18(4-8)10-15-9(12)16-11(17-10)19-7-13-6-14-19/h6-8H,2-5H2,1H3,(H2,12,15,16,17). The number of hydrogen-bond donors (Lipinski definition) is 1. The Kier molecular flexibility index (Phi) is 3.42. The second kappa shape index (κ2) is 5.37. The maximum absolute atomic E-state index is 5.75. The summed E-state index contributed by atoms with van der Waals surface area (Å²) in [4.78, 5) is 18.6. The zero-order valence-corrected chi connectivity index (χ0v) is 11.2. The van der Waals surface area contributed by atoms with Crippen molar-refractivity contribution in [3.05, 3.63) is 12.7 Å². The summed E-state index contributed by atoms with van der Waals surface area (Å²) in [6.07, 6.45) is 4.00. The number of nitrogens with zero attached hydrogens (tertiary/aromatic N) is 7. The largest absolute Gasteiger partial charge is 0.384 e. The van der Waals surface area contributed by atoms with Gasteiger partial charge in [0.1, 0.15) is 12.7 Å². The van der Waals surface area contributed by atoms with Gasteiger partial charge in [0.25, 0.3) is 5.95 Å². The second-order valence-corrected chi connectivity index (χ2v) is 4.69. The Hall–Kier alpha value is -2.29. The topological polar surface area (TPSA) is 108 Å². The maximum atomic E-state index is 5.75. The molecule has 0 amide bonds. The molecule has 1 saturated heterocycles. The Bertz CT molecular complexity index is 572. The third kappa shape index (κ3) is 2.52. The van der Waals surface area contributed by atoms with E-state index in [-0.39, 0.29) is 5.95 Å². The first-order valence-electron chi connectivity index (χ1n) is 6.36. The van der Waals surface area contributed by atoms with Gasteiger partial charge in [-0.25, -0.2) is 4.98 Å². The highest BCUT2D eigenvalue weighted by molar-refractivity contribution is 5.38. The molecule has 9 nitrogen and oxygen atoms in total. The van der Waals surface area contributed by atoms with E-state index < -0.39 is 0 Å². The summed E-state index contributed by atoms with van der Waals surface area (Å²) in [5.41, 5.74) is 5.75. The van der Waals surface area contributed by atoms with Crippen molar-refractivity contribution < 1.29 is 4.74 Å². The van der Waals surface area contributed by atoms with Gasteiger partial charge in [-0.15, -0.1) is 0 Å². The van der Waals surface area contributed by atoms with Gasteiger partial charge >= 0.3 is 0 Å². The Morgan fingerprint density at radius 2 is 2.20 bits per heavy atom. The van der Waals surface area contributed by atoms with E-state index in [2.05, 4.69) is 29.9 Å². The molecule has 1 atom stereocenters. The summed E-state index contributed by atoms with van der Waals surface area (Å²) in [7, 11) is 1.71. The number of hydrogen-bond acceptors (Lipinski definition) is 8. The van der Waals surface area contributed by atoms with Gasteiger partial charge in [-0.05, 0) is 6.42 Å². The summed E-state index contributed by atoms with van der Waals surface area (Å²) in [6, 6.07) is 0. The number of aromatic nitrogens is 6. The Morgan fingerprint density at radius 1 is 1.35 bits per heavy atom. The molecule has 0 aliphatic carbocycles. The number of anilines is 2. The van der Waals surface area contributed by atoms with Crippen LogP contribution in [0.25, 0.3) is 5.95 Å². The number of ether oxygens (including phenoxy) is 1. The average molecular weight is 276 g/mol. The average Bonchev–Trinajstić information content (AvgIpc) is 3.09. The van der Waals surface area contributed by atoms with Crippen molar-refractivity contribution in [1.29, 1.82) is 0 Å². The van der Waals surface area contributed by atoms with Gasteiger partial charge in [-0.1, -0.05) is 0 Å². The molecule has 0 aromatic carbocycles. The Labute approximate surface area is 115 Å². The van der Waals surface area contributed by atoms with Gasteiger partial charge < -0.3 is 15.4 Å². The van der Waals surface area contributed by atoms with Crippen LogP contribution in [0.5, 0.6) is 0 Å². The predicted octanol–water partition coefficient (Wildman–Crippen LogP) is -0.493. The van der Waals surface area contributed by atoms with Crippen LogP contribution >= 0.6 is 0 Å². The Balaban J connectivity index is 1.84. The molecule has 0 bridgehead atoms. The number of nitrogens with two attached hydrogens (primary N) is 1. The van der Waals surface area contributed by atoms with Crippen molar-refractivity contribution in [2.45, 2.75) is 6.42 Å². The fourth-order valence-corrected chi connectivity index (χ4v) is 2.31. The summed E-state index contributed by atoms with van der Waals surface area (Å²) in [5, 5.41) is 4.00. The van der Waals surface area contributed by atoms with Crippen LogP contribution in [0.1, 0.15) is 6.42 Å². The first kappa shape index (κ1) is 12.7. The quantitative estimate of drug-likeness (QED) is 0.796. The van der Waals surface area contributed by atoms with Crippen molar-refractivity contribution in [2.24, 2.45) is 5.92 Å². The first-order chi connectivity index (χ1) is 9.76. The van der Waals surface area contributed by atoms with Crippen LogP contribution in [0.2, 0.25) is 0 Å². The van der Waals surface area contributed by atoms with Gasteiger partial charge in [-0.2, -0.15) is 24.7 Å². The highest BCUT2D eigenvalue weighted by Gasteiger charge is 2.25. The predicted molar refractivity (Wildman–Crippen MR) is 71.4 cm³/mol. The maximum Gasteiger partial charge on any atom is 0.258 e. The molecule has 1 fully saturated rings. The van der Waals surface area contributed by atoms with Crippen LogP contribution in [-0.4, -0.2) is 56.5 Å². The normalized spacial score (nSPS) is 18.6. The molecule has 9 heteroatoms. The molecule has 1 unspecified atom stereocenters. The van der Waals surface area contributed by atoms with E-state index in [1.165, 1.54) is 17.3 Å². The van der Waals surface area contributed by atoms with Crippen LogP contribution in [0.3, 0.4) is 0 Å². The lowest BCUT2D eigenvalue weighted by atomic mass is 10.1. The van der Waals surface area contributed by atoms with Gasteiger partial charge in [-0.3, -0.25) is 0 Å². The first-order valence-corrected chi connectivity index (χ1v) is 6.36. The monoisotopic (exact) mass is 276 g/mol. The van der Waals surface area contributed by atoms with Crippen LogP contribution in [0.4, 0.5) is 11.9 Å². The number of rotatable bonds is 4. The molecule has 2 aromatic rings. The summed E-state index contributed by atoms with van der Waals surface area (Å²) < 4.78 is 6.65. The van der Waals surface area contributed by atoms with Gasteiger partial charge in [0.05, 0.1) is 6.61 Å². The number of nitrogen functional groups attached to an aromatic ring is 1. The lowest BCUT2D eigenvalue weighted by molar-refractivity contribution is 0.161. The van der Waals surface area contributed by atoms with E-state index >= 15 is 0 Å². The molecule has 0 radical (unpaired) electrons. The van der Waals surface area contributed by atoms with Crippen LogP contribution in [0.15, 0.2) is 12.7 Å². The fourth-order valence-electron chi connectivity index (χ4n) is 2.31. The lowest BCUT2D eigenvalue weighted by Gasteiger charge is -2.16. The molecule has 1 aliphatic rings. The van der Waals surface area contributed by atoms with Crippen molar-refractivity contribution in [2.75, 3.05) is 37.4 Å². The highest BCUT2D eigenvalue weighted by Crippen LogP contribution is 2.21. The minimum absolute atomic E-state index is 0.177. The Morgan fingerprint density at radius 3 is 2.95 bits per heavy atom. The van der Waals surface area contributed by atoms with Crippen LogP contribution in [0, 0.1) is 5.92 Å². The van der Waals surface area contributed by atoms with E-state index in [4.69, 9.17) is 10.5 Å². The van der Waals surface area contributed by atoms with E-state index in [0.29, 0.717) is 17.8 Å². The molecule has 2 aromatic heterocycles. The zero-order valence-electron chi connectivity index (χ0n) is 11.2. The minimum Gasteiger partial charge on any atom is -0.384 e. The van der Waals surface area contributed by atoms with Crippen molar-refractivity contribution in [1.82, 2.24) is 29.7 Å². The molecule has 1 aliphatic heterocycles. The number of methoxy groups -OCH3 is 1. The zero-order chi connectivity index (χ0) is 13.9. The van der Waals surface area contributed by atoms with Gasteiger partial charge in [0, 0.05) is 26.1 Å². The lowest BCUT2D eigenvalue weighted by Crippen LogP contribution is -2.24. The third-order valence-corrected chi connectivity index (χ3v) is 3.22. The highest BCUT2D eigenvalue weighted by atomic mass is 16.5. The molecular weight excluding hydrogens is 260 g/mol. The fraction of sp³-hybridized carbons (Fsp3) is 0.545. The smallest absolute Gasteiger partial charge is 0.258 e. The van der Waals surface area contributed by atoms with Gasteiger partial charge in [0.15, 0.2) is 0 Å². The molecule has 0 spiro atoms. The van der Waals surface area contributed by atoms with E-state index in [1.54, 1.807) is 7.11 Å².